The summed E-state index contributed by atoms with van der Waals surface area (Å²) in [5.74, 6) is -0.733. The lowest BCUT2D eigenvalue weighted by Crippen LogP contribution is -2.51. The summed E-state index contributed by atoms with van der Waals surface area (Å²) in [5.41, 5.74) is 4.00. The highest BCUT2D eigenvalue weighted by atomic mass is 32.2. The SMILES string of the molecule is CCCCNC(=O)[C@H](C)N(Cc1cccc(C)c1)C(=O)CN(c1cccc(C)c1C)S(=O)(=O)c1ccccc1. The van der Waals surface area contributed by atoms with E-state index in [0.29, 0.717) is 12.2 Å². The minimum atomic E-state index is -4.08. The quantitative estimate of drug-likeness (QED) is 0.317. The number of hydrogen-bond donors (Lipinski definition) is 1. The minimum absolute atomic E-state index is 0.0919. The molecule has 2 amide bonds. The van der Waals surface area contributed by atoms with Gasteiger partial charge in [0.1, 0.15) is 12.6 Å². The second-order valence-corrected chi connectivity index (χ2v) is 11.7. The molecule has 0 aromatic heterocycles. The molecular formula is C31H39N3O4S. The molecule has 7 nitrogen and oxygen atoms in total. The number of hydrogen-bond acceptors (Lipinski definition) is 4. The van der Waals surface area contributed by atoms with Gasteiger partial charge in [0.25, 0.3) is 10.0 Å². The second-order valence-electron chi connectivity index (χ2n) is 9.88. The summed E-state index contributed by atoms with van der Waals surface area (Å²) in [4.78, 5) is 28.6. The summed E-state index contributed by atoms with van der Waals surface area (Å²) in [7, 11) is -4.08. The van der Waals surface area contributed by atoms with Gasteiger partial charge in [0, 0.05) is 13.1 Å². The second kappa shape index (κ2) is 13.4. The molecule has 0 radical (unpaired) electrons. The first-order chi connectivity index (χ1) is 18.6. The van der Waals surface area contributed by atoms with Gasteiger partial charge >= 0.3 is 0 Å². The predicted molar refractivity (Wildman–Crippen MR) is 156 cm³/mol. The fourth-order valence-electron chi connectivity index (χ4n) is 4.36. The fraction of sp³-hybridized carbons (Fsp3) is 0.355. The largest absolute Gasteiger partial charge is 0.354 e. The maximum atomic E-state index is 14.0. The Morgan fingerprint density at radius 3 is 2.28 bits per heavy atom. The Morgan fingerprint density at radius 1 is 0.923 bits per heavy atom. The molecule has 0 aliphatic rings. The molecule has 0 aliphatic heterocycles. The molecule has 0 aliphatic carbocycles. The monoisotopic (exact) mass is 549 g/mol. The molecule has 3 rings (SSSR count). The number of nitrogens with one attached hydrogen (secondary N) is 1. The summed E-state index contributed by atoms with van der Waals surface area (Å²) in [6.45, 7) is 9.68. The minimum Gasteiger partial charge on any atom is -0.354 e. The highest BCUT2D eigenvalue weighted by Crippen LogP contribution is 2.29. The van der Waals surface area contributed by atoms with Crippen LogP contribution < -0.4 is 9.62 Å². The van der Waals surface area contributed by atoms with Crippen molar-refractivity contribution in [3.05, 3.63) is 95.1 Å². The Morgan fingerprint density at radius 2 is 1.62 bits per heavy atom. The number of aryl methyl sites for hydroxylation is 2. The van der Waals surface area contributed by atoms with Gasteiger partial charge in [0.15, 0.2) is 0 Å². The van der Waals surface area contributed by atoms with Crippen LogP contribution in [0, 0.1) is 20.8 Å². The van der Waals surface area contributed by atoms with Crippen molar-refractivity contribution in [2.24, 2.45) is 0 Å². The summed E-state index contributed by atoms with van der Waals surface area (Å²) in [5, 5.41) is 2.91. The van der Waals surface area contributed by atoms with Crippen molar-refractivity contribution in [1.82, 2.24) is 10.2 Å². The summed E-state index contributed by atoms with van der Waals surface area (Å²) in [6, 6.07) is 20.4. The van der Waals surface area contributed by atoms with Crippen LogP contribution in [0.25, 0.3) is 0 Å². The number of sulfonamides is 1. The Balaban J connectivity index is 2.03. The number of unbranched alkanes of at least 4 members (excludes halogenated alkanes) is 1. The van der Waals surface area contributed by atoms with Crippen molar-refractivity contribution < 1.29 is 18.0 Å². The Bertz CT molecular complexity index is 1390. The Hall–Kier alpha value is -3.65. The van der Waals surface area contributed by atoms with E-state index < -0.39 is 28.5 Å². The van der Waals surface area contributed by atoms with Crippen LogP contribution in [0.2, 0.25) is 0 Å². The number of nitrogens with zero attached hydrogens (tertiary/aromatic N) is 2. The lowest BCUT2D eigenvalue weighted by molar-refractivity contribution is -0.139. The van der Waals surface area contributed by atoms with E-state index in [4.69, 9.17) is 0 Å². The number of carbonyl (C=O) groups is 2. The van der Waals surface area contributed by atoms with Gasteiger partial charge in [-0.05, 0) is 69.0 Å². The number of rotatable bonds is 12. The molecule has 1 N–H and O–H groups in total. The number of carbonyl (C=O) groups excluding carboxylic acids is 2. The first-order valence-corrected chi connectivity index (χ1v) is 14.8. The zero-order chi connectivity index (χ0) is 28.6. The van der Waals surface area contributed by atoms with E-state index in [1.165, 1.54) is 17.0 Å². The van der Waals surface area contributed by atoms with Crippen LogP contribution in [0.5, 0.6) is 0 Å². The van der Waals surface area contributed by atoms with Gasteiger partial charge in [-0.1, -0.05) is 73.5 Å². The van der Waals surface area contributed by atoms with Crippen molar-refractivity contribution in [2.45, 2.75) is 64.9 Å². The molecule has 3 aromatic carbocycles. The van der Waals surface area contributed by atoms with Gasteiger partial charge in [-0.25, -0.2) is 8.42 Å². The highest BCUT2D eigenvalue weighted by molar-refractivity contribution is 7.92. The molecule has 208 valence electrons. The van der Waals surface area contributed by atoms with Crippen LogP contribution in [-0.4, -0.2) is 44.3 Å². The van der Waals surface area contributed by atoms with Gasteiger partial charge in [0.05, 0.1) is 10.6 Å². The smallest absolute Gasteiger partial charge is 0.264 e. The highest BCUT2D eigenvalue weighted by Gasteiger charge is 2.33. The van der Waals surface area contributed by atoms with E-state index in [1.54, 1.807) is 37.3 Å². The molecule has 8 heteroatoms. The average molecular weight is 550 g/mol. The van der Waals surface area contributed by atoms with E-state index in [2.05, 4.69) is 5.32 Å². The summed E-state index contributed by atoms with van der Waals surface area (Å²) >= 11 is 0. The zero-order valence-corrected chi connectivity index (χ0v) is 24.3. The Labute approximate surface area is 232 Å². The molecule has 0 unspecified atom stereocenters. The third-order valence-electron chi connectivity index (χ3n) is 6.89. The lowest BCUT2D eigenvalue weighted by Gasteiger charge is -2.32. The van der Waals surface area contributed by atoms with Crippen LogP contribution in [0.1, 0.15) is 48.9 Å². The zero-order valence-electron chi connectivity index (χ0n) is 23.5. The molecule has 0 bridgehead atoms. The topological polar surface area (TPSA) is 86.8 Å². The van der Waals surface area contributed by atoms with Crippen molar-refractivity contribution in [1.29, 1.82) is 0 Å². The van der Waals surface area contributed by atoms with E-state index in [1.807, 2.05) is 58.0 Å². The first-order valence-electron chi connectivity index (χ1n) is 13.3. The predicted octanol–water partition coefficient (Wildman–Crippen LogP) is 5.14. The normalized spacial score (nSPS) is 12.0. The fourth-order valence-corrected chi connectivity index (χ4v) is 5.86. The molecule has 1 atom stereocenters. The van der Waals surface area contributed by atoms with Crippen molar-refractivity contribution in [3.8, 4) is 0 Å². The first kappa shape index (κ1) is 29.9. The maximum absolute atomic E-state index is 14.0. The van der Waals surface area contributed by atoms with E-state index in [0.717, 1.165) is 39.4 Å². The van der Waals surface area contributed by atoms with Crippen molar-refractivity contribution >= 4 is 27.5 Å². The van der Waals surface area contributed by atoms with Crippen LogP contribution in [0.3, 0.4) is 0 Å². The van der Waals surface area contributed by atoms with Gasteiger partial charge < -0.3 is 10.2 Å². The molecule has 0 saturated heterocycles. The lowest BCUT2D eigenvalue weighted by atomic mass is 10.1. The van der Waals surface area contributed by atoms with E-state index >= 15 is 0 Å². The Kier molecular flexibility index (Phi) is 10.3. The average Bonchev–Trinajstić information content (AvgIpc) is 2.92. The molecule has 0 spiro atoms. The van der Waals surface area contributed by atoms with E-state index in [9.17, 15) is 18.0 Å². The molecule has 3 aromatic rings. The molecular weight excluding hydrogens is 510 g/mol. The van der Waals surface area contributed by atoms with Crippen LogP contribution in [-0.2, 0) is 26.2 Å². The third kappa shape index (κ3) is 7.47. The number of amides is 2. The van der Waals surface area contributed by atoms with Crippen LogP contribution in [0.15, 0.2) is 77.7 Å². The van der Waals surface area contributed by atoms with E-state index in [-0.39, 0.29) is 17.3 Å². The van der Waals surface area contributed by atoms with Gasteiger partial charge in [0.2, 0.25) is 11.8 Å². The summed E-state index contributed by atoms with van der Waals surface area (Å²) in [6.07, 6.45) is 1.77. The molecule has 39 heavy (non-hydrogen) atoms. The van der Waals surface area contributed by atoms with Gasteiger partial charge in [-0.2, -0.15) is 0 Å². The standard InChI is InChI=1S/C31H39N3O4S/c1-6-7-19-32-31(36)26(5)33(21-27-15-11-13-23(2)20-27)30(35)22-34(29-18-12-14-24(3)25(29)4)39(37,38)28-16-9-8-10-17-28/h8-18,20,26H,6-7,19,21-22H2,1-5H3,(H,32,36)/t26-/m0/s1. The van der Waals surface area contributed by atoms with Gasteiger partial charge in [-0.3, -0.25) is 13.9 Å². The van der Waals surface area contributed by atoms with Crippen molar-refractivity contribution in [2.75, 3.05) is 17.4 Å². The third-order valence-corrected chi connectivity index (χ3v) is 8.66. The van der Waals surface area contributed by atoms with Crippen LogP contribution >= 0.6 is 0 Å². The number of anilines is 1. The number of benzene rings is 3. The molecule has 0 saturated carbocycles. The van der Waals surface area contributed by atoms with Gasteiger partial charge in [-0.15, -0.1) is 0 Å². The molecule has 0 heterocycles. The van der Waals surface area contributed by atoms with Crippen LogP contribution in [0.4, 0.5) is 5.69 Å². The molecule has 0 fully saturated rings. The van der Waals surface area contributed by atoms with Crippen molar-refractivity contribution in [3.63, 3.8) is 0 Å². The summed E-state index contributed by atoms with van der Waals surface area (Å²) < 4.78 is 29.0. The maximum Gasteiger partial charge on any atom is 0.264 e.